The van der Waals surface area contributed by atoms with Crippen molar-refractivity contribution in [2.45, 2.75) is 6.92 Å². The van der Waals surface area contributed by atoms with Crippen LogP contribution >= 0.6 is 0 Å². The van der Waals surface area contributed by atoms with Gasteiger partial charge in [-0.2, -0.15) is 0 Å². The Balaban J connectivity index is 2.17. The second-order valence-electron chi connectivity index (χ2n) is 4.13. The van der Waals surface area contributed by atoms with Crippen molar-refractivity contribution in [1.29, 1.82) is 0 Å². The van der Waals surface area contributed by atoms with Gasteiger partial charge in [0, 0.05) is 0 Å². The number of allylic oxidation sites excluding steroid dienone is 1. The molecule has 0 radical (unpaired) electrons. The maximum absolute atomic E-state index is 11.9. The molecule has 0 aliphatic rings. The van der Waals surface area contributed by atoms with Gasteiger partial charge in [-0.25, -0.2) is 0 Å². The molecule has 2 heteroatoms. The van der Waals surface area contributed by atoms with E-state index in [0.29, 0.717) is 5.56 Å². The van der Waals surface area contributed by atoms with Crippen molar-refractivity contribution in [3.8, 4) is 5.75 Å². The van der Waals surface area contributed by atoms with Gasteiger partial charge in [-0.3, -0.25) is 4.79 Å². The van der Waals surface area contributed by atoms with Crippen molar-refractivity contribution >= 4 is 11.9 Å². The topological polar surface area (TPSA) is 37.3 Å². The SMILES string of the molecule is Cc1ccc(C=CC(=O)c2ccccc2O)cc1. The largest absolute Gasteiger partial charge is 0.507 e. The average molecular weight is 238 g/mol. The van der Waals surface area contributed by atoms with Crippen LogP contribution in [0.3, 0.4) is 0 Å². The van der Waals surface area contributed by atoms with Crippen LogP contribution in [0.4, 0.5) is 0 Å². The van der Waals surface area contributed by atoms with Gasteiger partial charge in [0.05, 0.1) is 5.56 Å². The number of ketones is 1. The van der Waals surface area contributed by atoms with Crippen LogP contribution in [0.15, 0.2) is 54.6 Å². The van der Waals surface area contributed by atoms with Gasteiger partial charge in [0.2, 0.25) is 0 Å². The summed E-state index contributed by atoms with van der Waals surface area (Å²) in [7, 11) is 0. The molecule has 0 spiro atoms. The molecular formula is C16H14O2. The number of hydrogen-bond donors (Lipinski definition) is 1. The molecule has 2 nitrogen and oxygen atoms in total. The Morgan fingerprint density at radius 3 is 2.39 bits per heavy atom. The molecule has 0 aliphatic carbocycles. The van der Waals surface area contributed by atoms with E-state index in [0.717, 1.165) is 5.56 Å². The summed E-state index contributed by atoms with van der Waals surface area (Å²) in [6.45, 7) is 2.01. The van der Waals surface area contributed by atoms with Crippen LogP contribution in [-0.4, -0.2) is 10.9 Å². The lowest BCUT2D eigenvalue weighted by Crippen LogP contribution is -1.94. The summed E-state index contributed by atoms with van der Waals surface area (Å²) in [5.41, 5.74) is 2.46. The third-order valence-corrected chi connectivity index (χ3v) is 2.67. The van der Waals surface area contributed by atoms with Gasteiger partial charge >= 0.3 is 0 Å². The number of benzene rings is 2. The Morgan fingerprint density at radius 2 is 1.72 bits per heavy atom. The molecule has 0 amide bonds. The van der Waals surface area contributed by atoms with Crippen molar-refractivity contribution in [3.63, 3.8) is 0 Å². The molecule has 0 aromatic heterocycles. The Labute approximate surface area is 106 Å². The average Bonchev–Trinajstić information content (AvgIpc) is 2.38. The second kappa shape index (κ2) is 5.32. The number of rotatable bonds is 3. The van der Waals surface area contributed by atoms with E-state index in [4.69, 9.17) is 0 Å². The summed E-state index contributed by atoms with van der Waals surface area (Å²) in [6, 6.07) is 14.4. The smallest absolute Gasteiger partial charge is 0.189 e. The van der Waals surface area contributed by atoms with Gasteiger partial charge in [0.25, 0.3) is 0 Å². The Hall–Kier alpha value is -2.35. The Morgan fingerprint density at radius 1 is 1.06 bits per heavy atom. The van der Waals surface area contributed by atoms with E-state index in [1.54, 1.807) is 24.3 Å². The van der Waals surface area contributed by atoms with Crippen LogP contribution in [0, 0.1) is 6.92 Å². The molecule has 0 saturated carbocycles. The number of hydrogen-bond acceptors (Lipinski definition) is 2. The monoisotopic (exact) mass is 238 g/mol. The van der Waals surface area contributed by atoms with E-state index in [1.807, 2.05) is 31.2 Å². The lowest BCUT2D eigenvalue weighted by molar-refractivity contribution is 0.104. The van der Waals surface area contributed by atoms with E-state index in [-0.39, 0.29) is 11.5 Å². The molecule has 0 aliphatic heterocycles. The minimum atomic E-state index is -0.200. The zero-order chi connectivity index (χ0) is 13.0. The van der Waals surface area contributed by atoms with Gasteiger partial charge in [-0.1, -0.05) is 48.0 Å². The van der Waals surface area contributed by atoms with E-state index >= 15 is 0 Å². The lowest BCUT2D eigenvalue weighted by atomic mass is 10.1. The molecule has 0 fully saturated rings. The quantitative estimate of drug-likeness (QED) is 0.655. The first kappa shape index (κ1) is 12.1. The highest BCUT2D eigenvalue weighted by Crippen LogP contribution is 2.17. The van der Waals surface area contributed by atoms with E-state index in [2.05, 4.69) is 0 Å². The van der Waals surface area contributed by atoms with Crippen molar-refractivity contribution in [1.82, 2.24) is 0 Å². The van der Waals surface area contributed by atoms with E-state index < -0.39 is 0 Å². The van der Waals surface area contributed by atoms with Crippen molar-refractivity contribution in [2.24, 2.45) is 0 Å². The minimum Gasteiger partial charge on any atom is -0.507 e. The van der Waals surface area contributed by atoms with Crippen LogP contribution in [0.1, 0.15) is 21.5 Å². The van der Waals surface area contributed by atoms with Gasteiger partial charge < -0.3 is 5.11 Å². The molecule has 90 valence electrons. The maximum atomic E-state index is 11.9. The third-order valence-electron chi connectivity index (χ3n) is 2.67. The normalized spacial score (nSPS) is 10.7. The van der Waals surface area contributed by atoms with Crippen LogP contribution in [-0.2, 0) is 0 Å². The number of phenolic OH excluding ortho intramolecular Hbond substituents is 1. The minimum absolute atomic E-state index is 0.0102. The Bertz CT molecular complexity index is 580. The maximum Gasteiger partial charge on any atom is 0.189 e. The van der Waals surface area contributed by atoms with Crippen LogP contribution < -0.4 is 0 Å². The highest BCUT2D eigenvalue weighted by atomic mass is 16.3. The van der Waals surface area contributed by atoms with Gasteiger partial charge in [-0.05, 0) is 30.7 Å². The molecule has 0 heterocycles. The summed E-state index contributed by atoms with van der Waals surface area (Å²) >= 11 is 0. The van der Waals surface area contributed by atoms with Crippen LogP contribution in [0.2, 0.25) is 0 Å². The first-order chi connectivity index (χ1) is 8.66. The van der Waals surface area contributed by atoms with Gasteiger partial charge in [-0.15, -0.1) is 0 Å². The molecule has 2 rings (SSSR count). The van der Waals surface area contributed by atoms with Crippen molar-refractivity contribution in [3.05, 3.63) is 71.3 Å². The number of aromatic hydroxyl groups is 1. The number of para-hydroxylation sites is 1. The fourth-order valence-electron chi connectivity index (χ4n) is 1.62. The zero-order valence-electron chi connectivity index (χ0n) is 10.1. The van der Waals surface area contributed by atoms with Crippen LogP contribution in [0.25, 0.3) is 6.08 Å². The lowest BCUT2D eigenvalue weighted by Gasteiger charge is -1.99. The van der Waals surface area contributed by atoms with E-state index in [1.165, 1.54) is 17.7 Å². The zero-order valence-corrected chi connectivity index (χ0v) is 10.1. The number of carbonyl (C=O) groups is 1. The standard InChI is InChI=1S/C16H14O2/c1-12-6-8-13(9-7-12)10-11-16(18)14-4-2-3-5-15(14)17/h2-11,17H,1H3. The summed E-state index contributed by atoms with van der Waals surface area (Å²) in [6.07, 6.45) is 3.22. The molecule has 2 aromatic rings. The fourth-order valence-corrected chi connectivity index (χ4v) is 1.62. The van der Waals surface area contributed by atoms with Crippen molar-refractivity contribution in [2.75, 3.05) is 0 Å². The first-order valence-electron chi connectivity index (χ1n) is 5.74. The molecule has 18 heavy (non-hydrogen) atoms. The summed E-state index contributed by atoms with van der Waals surface area (Å²) in [4.78, 5) is 11.9. The number of carbonyl (C=O) groups excluding carboxylic acids is 1. The third kappa shape index (κ3) is 2.86. The molecule has 1 N–H and O–H groups in total. The predicted octanol–water partition coefficient (Wildman–Crippen LogP) is 3.60. The molecule has 0 saturated heterocycles. The highest BCUT2D eigenvalue weighted by Gasteiger charge is 2.06. The fraction of sp³-hybridized carbons (Fsp3) is 0.0625. The van der Waals surface area contributed by atoms with E-state index in [9.17, 15) is 9.90 Å². The second-order valence-corrected chi connectivity index (χ2v) is 4.13. The molecule has 0 unspecified atom stereocenters. The number of aryl methyl sites for hydroxylation is 1. The highest BCUT2D eigenvalue weighted by molar-refractivity contribution is 6.08. The van der Waals surface area contributed by atoms with Gasteiger partial charge in [0.1, 0.15) is 5.75 Å². The van der Waals surface area contributed by atoms with Gasteiger partial charge in [0.15, 0.2) is 5.78 Å². The van der Waals surface area contributed by atoms with Crippen LogP contribution in [0.5, 0.6) is 5.75 Å². The molecule has 2 aromatic carbocycles. The predicted molar refractivity (Wildman–Crippen MR) is 72.7 cm³/mol. The summed E-state index contributed by atoms with van der Waals surface area (Å²) < 4.78 is 0. The molecular weight excluding hydrogens is 224 g/mol. The molecule has 0 bridgehead atoms. The first-order valence-corrected chi connectivity index (χ1v) is 5.74. The summed E-state index contributed by atoms with van der Waals surface area (Å²) in [5.74, 6) is -0.190. The Kier molecular flexibility index (Phi) is 3.58. The number of phenols is 1. The van der Waals surface area contributed by atoms with Crippen molar-refractivity contribution < 1.29 is 9.90 Å². The summed E-state index contributed by atoms with van der Waals surface area (Å²) in [5, 5.41) is 9.56. The molecule has 0 atom stereocenters.